The predicted molar refractivity (Wildman–Crippen MR) is 70.5 cm³/mol. The molecule has 0 aromatic heterocycles. The molecular weight excluding hydrogens is 244 g/mol. The molecule has 1 saturated heterocycles. The highest BCUT2D eigenvalue weighted by molar-refractivity contribution is 6.06. The van der Waals surface area contributed by atoms with Crippen LogP contribution in [-0.2, 0) is 17.6 Å². The Balaban J connectivity index is 2.02. The van der Waals surface area contributed by atoms with Crippen LogP contribution in [0.1, 0.15) is 24.5 Å². The summed E-state index contributed by atoms with van der Waals surface area (Å²) in [4.78, 5) is 24.8. The third kappa shape index (κ3) is 2.05. The molecule has 2 aliphatic heterocycles. The van der Waals surface area contributed by atoms with Gasteiger partial charge in [0.05, 0.1) is 12.3 Å². The number of hydrogen-bond donors (Lipinski definition) is 1. The third-order valence-electron chi connectivity index (χ3n) is 3.61. The van der Waals surface area contributed by atoms with Crippen LogP contribution in [0.15, 0.2) is 12.1 Å². The number of carbonyl (C=O) groups excluding carboxylic acids is 2. The minimum absolute atomic E-state index is 0.208. The third-order valence-corrected chi connectivity index (χ3v) is 3.61. The summed E-state index contributed by atoms with van der Waals surface area (Å²) in [6, 6.07) is 3.74. The second-order valence-electron chi connectivity index (χ2n) is 4.80. The summed E-state index contributed by atoms with van der Waals surface area (Å²) in [7, 11) is 0. The minimum atomic E-state index is -0.335. The number of benzene rings is 1. The van der Waals surface area contributed by atoms with E-state index in [0.717, 1.165) is 35.4 Å². The second-order valence-corrected chi connectivity index (χ2v) is 4.80. The van der Waals surface area contributed by atoms with Crippen molar-refractivity contribution in [2.45, 2.75) is 26.2 Å². The Morgan fingerprint density at radius 1 is 1.32 bits per heavy atom. The van der Waals surface area contributed by atoms with Crippen molar-refractivity contribution in [3.63, 3.8) is 0 Å². The van der Waals surface area contributed by atoms with Crippen molar-refractivity contribution in [2.75, 3.05) is 18.1 Å². The molecule has 0 unspecified atom stereocenters. The van der Waals surface area contributed by atoms with Crippen LogP contribution in [-0.4, -0.2) is 25.1 Å². The van der Waals surface area contributed by atoms with Gasteiger partial charge in [-0.15, -0.1) is 0 Å². The monoisotopic (exact) mass is 260 g/mol. The molecule has 19 heavy (non-hydrogen) atoms. The highest BCUT2D eigenvalue weighted by Crippen LogP contribution is 2.36. The Labute approximate surface area is 111 Å². The molecular formula is C14H16N2O3. The van der Waals surface area contributed by atoms with E-state index in [0.29, 0.717) is 19.6 Å². The van der Waals surface area contributed by atoms with Crippen LogP contribution < -0.4 is 15.0 Å². The first-order valence-corrected chi connectivity index (χ1v) is 6.59. The molecule has 0 spiro atoms. The molecule has 5 heteroatoms. The van der Waals surface area contributed by atoms with Crippen molar-refractivity contribution in [1.82, 2.24) is 5.32 Å². The van der Waals surface area contributed by atoms with Crippen molar-refractivity contribution >= 4 is 17.6 Å². The molecule has 1 aromatic carbocycles. The van der Waals surface area contributed by atoms with Gasteiger partial charge in [0, 0.05) is 24.9 Å². The number of amides is 3. The van der Waals surface area contributed by atoms with Gasteiger partial charge in [-0.05, 0) is 24.1 Å². The Hall–Kier alpha value is -2.04. The molecule has 1 fully saturated rings. The van der Waals surface area contributed by atoms with E-state index in [-0.39, 0.29) is 11.9 Å². The van der Waals surface area contributed by atoms with Gasteiger partial charge >= 0.3 is 6.03 Å². The van der Waals surface area contributed by atoms with E-state index in [1.807, 2.05) is 12.1 Å². The fourth-order valence-corrected chi connectivity index (χ4v) is 2.57. The van der Waals surface area contributed by atoms with Crippen LogP contribution in [0.2, 0.25) is 0 Å². The first-order chi connectivity index (χ1) is 9.19. The van der Waals surface area contributed by atoms with Gasteiger partial charge in [-0.25, -0.2) is 4.79 Å². The normalized spacial score (nSPS) is 18.1. The molecule has 3 amide bonds. The smallest absolute Gasteiger partial charge is 0.328 e. The van der Waals surface area contributed by atoms with E-state index in [9.17, 15) is 9.59 Å². The number of carbonyl (C=O) groups is 2. The zero-order valence-corrected chi connectivity index (χ0v) is 10.9. The van der Waals surface area contributed by atoms with E-state index in [1.165, 1.54) is 0 Å². The Kier molecular flexibility index (Phi) is 2.89. The molecule has 100 valence electrons. The highest BCUT2D eigenvalue weighted by atomic mass is 16.5. The SMILES string of the molecule is CCc1cc2c(c(N3CCC(=O)NC3=O)c1)CCO2. The molecule has 0 aliphatic carbocycles. The van der Waals surface area contributed by atoms with E-state index >= 15 is 0 Å². The van der Waals surface area contributed by atoms with Gasteiger partial charge in [-0.2, -0.15) is 0 Å². The number of nitrogens with one attached hydrogen (secondary N) is 1. The summed E-state index contributed by atoms with van der Waals surface area (Å²) in [6.45, 7) is 3.16. The maximum absolute atomic E-state index is 12.0. The molecule has 5 nitrogen and oxygen atoms in total. The van der Waals surface area contributed by atoms with Crippen LogP contribution >= 0.6 is 0 Å². The highest BCUT2D eigenvalue weighted by Gasteiger charge is 2.28. The quantitative estimate of drug-likeness (QED) is 0.879. The number of fused-ring (bicyclic) bond motifs is 1. The molecule has 0 radical (unpaired) electrons. The average molecular weight is 260 g/mol. The van der Waals surface area contributed by atoms with E-state index in [4.69, 9.17) is 4.74 Å². The van der Waals surface area contributed by atoms with Crippen molar-refractivity contribution in [3.8, 4) is 5.75 Å². The number of hydrogen-bond acceptors (Lipinski definition) is 3. The van der Waals surface area contributed by atoms with Gasteiger partial charge in [0.25, 0.3) is 0 Å². The van der Waals surface area contributed by atoms with Gasteiger partial charge in [0.1, 0.15) is 5.75 Å². The number of urea groups is 1. The van der Waals surface area contributed by atoms with Gasteiger partial charge in [0.15, 0.2) is 0 Å². The van der Waals surface area contributed by atoms with Gasteiger partial charge < -0.3 is 4.74 Å². The predicted octanol–water partition coefficient (Wildman–Crippen LogP) is 1.63. The summed E-state index contributed by atoms with van der Waals surface area (Å²) in [6.07, 6.45) is 2.04. The lowest BCUT2D eigenvalue weighted by Gasteiger charge is -2.28. The van der Waals surface area contributed by atoms with Crippen LogP contribution in [0.5, 0.6) is 5.75 Å². The van der Waals surface area contributed by atoms with Crippen LogP contribution in [0.3, 0.4) is 0 Å². The van der Waals surface area contributed by atoms with Crippen molar-refractivity contribution < 1.29 is 14.3 Å². The lowest BCUT2D eigenvalue weighted by molar-refractivity contribution is -0.120. The summed E-state index contributed by atoms with van der Waals surface area (Å²) in [5, 5.41) is 2.36. The second kappa shape index (κ2) is 4.57. The molecule has 0 atom stereocenters. The Bertz CT molecular complexity index is 554. The molecule has 0 saturated carbocycles. The number of imide groups is 1. The summed E-state index contributed by atoms with van der Waals surface area (Å²) < 4.78 is 5.60. The number of aryl methyl sites for hydroxylation is 1. The molecule has 1 N–H and O–H groups in total. The molecule has 2 heterocycles. The molecule has 1 aromatic rings. The number of nitrogens with zero attached hydrogens (tertiary/aromatic N) is 1. The number of anilines is 1. The lowest BCUT2D eigenvalue weighted by atomic mass is 10.0. The fraction of sp³-hybridized carbons (Fsp3) is 0.429. The zero-order valence-electron chi connectivity index (χ0n) is 10.9. The fourth-order valence-electron chi connectivity index (χ4n) is 2.57. The first-order valence-electron chi connectivity index (χ1n) is 6.59. The van der Waals surface area contributed by atoms with Gasteiger partial charge in [-0.3, -0.25) is 15.0 Å². The average Bonchev–Trinajstić information content (AvgIpc) is 2.86. The van der Waals surface area contributed by atoms with Crippen LogP contribution in [0, 0.1) is 0 Å². The van der Waals surface area contributed by atoms with E-state index in [1.54, 1.807) is 4.90 Å². The molecule has 3 rings (SSSR count). The maximum Gasteiger partial charge on any atom is 0.328 e. The minimum Gasteiger partial charge on any atom is -0.493 e. The maximum atomic E-state index is 12.0. The van der Waals surface area contributed by atoms with Crippen LogP contribution in [0.4, 0.5) is 10.5 Å². The summed E-state index contributed by atoms with van der Waals surface area (Å²) >= 11 is 0. The van der Waals surface area contributed by atoms with Crippen molar-refractivity contribution in [1.29, 1.82) is 0 Å². The summed E-state index contributed by atoms with van der Waals surface area (Å²) in [5.74, 6) is 0.667. The van der Waals surface area contributed by atoms with Gasteiger partial charge in [0.2, 0.25) is 5.91 Å². The Morgan fingerprint density at radius 2 is 2.16 bits per heavy atom. The number of ether oxygens (including phenoxy) is 1. The van der Waals surface area contributed by atoms with E-state index in [2.05, 4.69) is 12.2 Å². The van der Waals surface area contributed by atoms with Crippen molar-refractivity contribution in [2.24, 2.45) is 0 Å². The summed E-state index contributed by atoms with van der Waals surface area (Å²) in [5.41, 5.74) is 3.10. The van der Waals surface area contributed by atoms with Crippen LogP contribution in [0.25, 0.3) is 0 Å². The Morgan fingerprint density at radius 3 is 2.89 bits per heavy atom. The lowest BCUT2D eigenvalue weighted by Crippen LogP contribution is -2.49. The largest absolute Gasteiger partial charge is 0.493 e. The first kappa shape index (κ1) is 12.0. The topological polar surface area (TPSA) is 58.6 Å². The van der Waals surface area contributed by atoms with E-state index < -0.39 is 0 Å². The molecule has 2 aliphatic rings. The molecule has 0 bridgehead atoms. The van der Waals surface area contributed by atoms with Gasteiger partial charge in [-0.1, -0.05) is 6.92 Å². The zero-order chi connectivity index (χ0) is 13.4. The standard InChI is InChI=1S/C14H16N2O3/c1-2-9-7-11(10-4-6-19-12(10)8-9)16-5-3-13(17)15-14(16)18/h7-8H,2-6H2,1H3,(H,15,17,18). The number of rotatable bonds is 2. The van der Waals surface area contributed by atoms with Crippen molar-refractivity contribution in [3.05, 3.63) is 23.3 Å².